The Morgan fingerprint density at radius 3 is 2.92 bits per heavy atom. The summed E-state index contributed by atoms with van der Waals surface area (Å²) < 4.78 is 0. The van der Waals surface area contributed by atoms with Gasteiger partial charge in [0.15, 0.2) is 0 Å². The summed E-state index contributed by atoms with van der Waals surface area (Å²) >= 11 is 0. The lowest BCUT2D eigenvalue weighted by Gasteiger charge is -2.30. The van der Waals surface area contributed by atoms with Crippen LogP contribution in [0.5, 0.6) is 0 Å². The molecule has 1 saturated heterocycles. The third-order valence-corrected chi connectivity index (χ3v) is 6.33. The van der Waals surface area contributed by atoms with Gasteiger partial charge in [-0.15, -0.1) is 0 Å². The van der Waals surface area contributed by atoms with Crippen LogP contribution in [0.1, 0.15) is 69.8 Å². The number of nitrogens with one attached hydrogen (secondary N) is 1. The number of benzene rings is 1. The number of fused-ring (bicyclic) bond motifs is 2. The third-order valence-electron chi connectivity index (χ3n) is 6.33. The lowest BCUT2D eigenvalue weighted by molar-refractivity contribution is 0.184. The average Bonchev–Trinajstić information content (AvgIpc) is 3.17. The minimum Gasteiger partial charge on any atom is -0.341 e. The summed E-state index contributed by atoms with van der Waals surface area (Å²) in [5.41, 5.74) is 4.98. The van der Waals surface area contributed by atoms with E-state index in [1.807, 2.05) is 0 Å². The number of H-pyrrole nitrogens is 1. The monoisotopic (exact) mass is 323 g/mol. The van der Waals surface area contributed by atoms with Crippen LogP contribution in [-0.2, 0) is 0 Å². The molecule has 2 aliphatic rings. The lowest BCUT2D eigenvalue weighted by atomic mass is 9.85. The van der Waals surface area contributed by atoms with E-state index < -0.39 is 0 Å². The molecule has 24 heavy (non-hydrogen) atoms. The van der Waals surface area contributed by atoms with Crippen LogP contribution >= 0.6 is 0 Å². The Morgan fingerprint density at radius 2 is 2.17 bits per heavy atom. The maximum Gasteiger partial charge on any atom is 0.124 e. The molecule has 0 spiro atoms. The molecule has 1 saturated carbocycles. The summed E-state index contributed by atoms with van der Waals surface area (Å²) in [5.74, 6) is 2.03. The fraction of sp³-hybridized carbons (Fsp3) is 0.571. The minimum absolute atomic E-state index is 0.460. The molecule has 2 heterocycles. The first-order valence-corrected chi connectivity index (χ1v) is 9.58. The molecule has 1 aliphatic heterocycles. The van der Waals surface area contributed by atoms with Crippen LogP contribution in [0.15, 0.2) is 24.3 Å². The van der Waals surface area contributed by atoms with Gasteiger partial charge in [-0.25, -0.2) is 4.98 Å². The van der Waals surface area contributed by atoms with Gasteiger partial charge in [0.25, 0.3) is 0 Å². The van der Waals surface area contributed by atoms with E-state index in [9.17, 15) is 0 Å². The number of rotatable bonds is 3. The summed E-state index contributed by atoms with van der Waals surface area (Å²) in [5, 5.41) is 0. The number of allylic oxidation sites excluding steroid dienone is 2. The highest BCUT2D eigenvalue weighted by molar-refractivity contribution is 5.81. The van der Waals surface area contributed by atoms with Crippen LogP contribution in [0.2, 0.25) is 0 Å². The van der Waals surface area contributed by atoms with Gasteiger partial charge in [-0.2, -0.15) is 0 Å². The molecule has 1 aromatic heterocycles. The van der Waals surface area contributed by atoms with Crippen molar-refractivity contribution in [2.75, 3.05) is 7.05 Å². The quantitative estimate of drug-likeness (QED) is 0.830. The molecule has 0 amide bonds. The van der Waals surface area contributed by atoms with Gasteiger partial charge < -0.3 is 4.98 Å². The number of hydrogen-bond acceptors (Lipinski definition) is 2. The first-order chi connectivity index (χ1) is 11.7. The minimum atomic E-state index is 0.460. The van der Waals surface area contributed by atoms with Crippen LogP contribution in [0.4, 0.5) is 0 Å². The molecular formula is C21H29N3. The van der Waals surface area contributed by atoms with Crippen LogP contribution in [0, 0.1) is 5.92 Å². The topological polar surface area (TPSA) is 31.9 Å². The van der Waals surface area contributed by atoms with E-state index >= 15 is 0 Å². The van der Waals surface area contributed by atoms with Gasteiger partial charge in [0.2, 0.25) is 0 Å². The zero-order valence-corrected chi connectivity index (χ0v) is 15.2. The average molecular weight is 323 g/mol. The fourth-order valence-corrected chi connectivity index (χ4v) is 4.95. The van der Waals surface area contributed by atoms with Gasteiger partial charge in [0, 0.05) is 6.04 Å². The summed E-state index contributed by atoms with van der Waals surface area (Å²) in [7, 11) is 2.30. The van der Waals surface area contributed by atoms with E-state index in [0.29, 0.717) is 6.04 Å². The largest absolute Gasteiger partial charge is 0.341 e. The van der Waals surface area contributed by atoms with Crippen molar-refractivity contribution in [1.29, 1.82) is 0 Å². The maximum absolute atomic E-state index is 4.99. The van der Waals surface area contributed by atoms with Crippen molar-refractivity contribution in [1.82, 2.24) is 14.9 Å². The SMILES string of the molecule is C/C=C(\CC)c1ccc2[nH]c([C@@H]3C[C@@H]4CCCC[C@@H]4N3C)nc2c1. The molecule has 3 atom stereocenters. The third kappa shape index (κ3) is 2.59. The van der Waals surface area contributed by atoms with Crippen LogP contribution in [0.3, 0.4) is 0 Å². The molecule has 0 radical (unpaired) electrons. The molecule has 2 fully saturated rings. The summed E-state index contributed by atoms with van der Waals surface area (Å²) in [6.45, 7) is 4.33. The smallest absolute Gasteiger partial charge is 0.124 e. The van der Waals surface area contributed by atoms with Crippen molar-refractivity contribution in [3.63, 3.8) is 0 Å². The second-order valence-corrected chi connectivity index (χ2v) is 7.55. The zero-order valence-electron chi connectivity index (χ0n) is 15.2. The van der Waals surface area contributed by atoms with Crippen LogP contribution in [-0.4, -0.2) is 28.0 Å². The molecule has 1 N–H and O–H groups in total. The first-order valence-electron chi connectivity index (χ1n) is 9.58. The van der Waals surface area contributed by atoms with E-state index in [1.165, 1.54) is 48.8 Å². The normalized spacial score (nSPS) is 28.5. The van der Waals surface area contributed by atoms with Crippen molar-refractivity contribution in [2.45, 2.75) is 64.5 Å². The van der Waals surface area contributed by atoms with Crippen molar-refractivity contribution >= 4 is 16.6 Å². The van der Waals surface area contributed by atoms with E-state index in [-0.39, 0.29) is 0 Å². The van der Waals surface area contributed by atoms with Crippen molar-refractivity contribution in [3.8, 4) is 0 Å². The van der Waals surface area contributed by atoms with Crippen molar-refractivity contribution < 1.29 is 0 Å². The second-order valence-electron chi connectivity index (χ2n) is 7.55. The molecule has 0 bridgehead atoms. The Labute approximate surface area is 145 Å². The van der Waals surface area contributed by atoms with E-state index in [4.69, 9.17) is 4.98 Å². The molecular weight excluding hydrogens is 294 g/mol. The number of hydrogen-bond donors (Lipinski definition) is 1. The van der Waals surface area contributed by atoms with Gasteiger partial charge >= 0.3 is 0 Å². The molecule has 4 rings (SSSR count). The highest BCUT2D eigenvalue weighted by atomic mass is 15.2. The van der Waals surface area contributed by atoms with Gasteiger partial charge in [-0.3, -0.25) is 4.90 Å². The summed E-state index contributed by atoms with van der Waals surface area (Å²) in [4.78, 5) is 11.2. The Balaban J connectivity index is 1.65. The highest BCUT2D eigenvalue weighted by Crippen LogP contribution is 2.44. The standard InChI is InChI=1S/C21H29N3/c1-4-14(5-2)15-10-11-17-18(12-15)23-21(22-17)20-13-16-8-6-7-9-19(16)24(20)3/h4,10-12,16,19-20H,5-9,13H2,1-3H3,(H,22,23)/b14-4+/t16-,19-,20-/m0/s1. The maximum atomic E-state index is 4.99. The van der Waals surface area contributed by atoms with E-state index in [2.05, 4.69) is 55.1 Å². The number of aromatic amines is 1. The van der Waals surface area contributed by atoms with Crippen LogP contribution < -0.4 is 0 Å². The second kappa shape index (κ2) is 6.36. The molecule has 2 aromatic rings. The predicted molar refractivity (Wildman–Crippen MR) is 101 cm³/mol. The molecule has 3 nitrogen and oxygen atoms in total. The zero-order chi connectivity index (χ0) is 16.7. The predicted octanol–water partition coefficient (Wildman–Crippen LogP) is 5.31. The van der Waals surface area contributed by atoms with Crippen molar-refractivity contribution in [2.24, 2.45) is 5.92 Å². The van der Waals surface area contributed by atoms with Crippen LogP contribution in [0.25, 0.3) is 16.6 Å². The number of likely N-dealkylation sites (tertiary alicyclic amines) is 1. The molecule has 1 aromatic carbocycles. The molecule has 3 heteroatoms. The lowest BCUT2D eigenvalue weighted by Crippen LogP contribution is -2.32. The van der Waals surface area contributed by atoms with E-state index in [1.54, 1.807) is 0 Å². The number of imidazole rings is 1. The number of aromatic nitrogens is 2. The summed E-state index contributed by atoms with van der Waals surface area (Å²) in [6.07, 6.45) is 10.1. The van der Waals surface area contributed by atoms with Gasteiger partial charge in [0.05, 0.1) is 17.1 Å². The Morgan fingerprint density at radius 1 is 1.33 bits per heavy atom. The highest BCUT2D eigenvalue weighted by Gasteiger charge is 2.41. The van der Waals surface area contributed by atoms with Gasteiger partial charge in [0.1, 0.15) is 5.82 Å². The van der Waals surface area contributed by atoms with Crippen molar-refractivity contribution in [3.05, 3.63) is 35.7 Å². The Hall–Kier alpha value is -1.61. The summed E-state index contributed by atoms with van der Waals surface area (Å²) in [6, 6.07) is 7.89. The number of nitrogens with zero attached hydrogens (tertiary/aromatic N) is 2. The van der Waals surface area contributed by atoms with E-state index in [0.717, 1.165) is 29.7 Å². The Kier molecular flexibility index (Phi) is 4.21. The Bertz CT molecular complexity index is 758. The molecule has 128 valence electrons. The molecule has 0 unspecified atom stereocenters. The van der Waals surface area contributed by atoms with Gasteiger partial charge in [-0.05, 0) is 68.8 Å². The van der Waals surface area contributed by atoms with Gasteiger partial charge in [-0.1, -0.05) is 31.9 Å². The fourth-order valence-electron chi connectivity index (χ4n) is 4.95. The first kappa shape index (κ1) is 15.9. The molecule has 1 aliphatic carbocycles.